The van der Waals surface area contributed by atoms with Crippen LogP contribution in [0.25, 0.3) is 0 Å². The van der Waals surface area contributed by atoms with E-state index < -0.39 is 0 Å². The van der Waals surface area contributed by atoms with E-state index in [1.165, 1.54) is 5.57 Å². The second kappa shape index (κ2) is 3.54. The van der Waals surface area contributed by atoms with Gasteiger partial charge in [-0.1, -0.05) is 26.8 Å². The molecule has 1 aliphatic carbocycles. The van der Waals surface area contributed by atoms with Gasteiger partial charge in [0.2, 0.25) is 0 Å². The highest BCUT2D eigenvalue weighted by Gasteiger charge is 2.34. The fourth-order valence-corrected chi connectivity index (χ4v) is 2.11. The second-order valence-electron chi connectivity index (χ2n) is 3.94. The molecular weight excluding hydrogens is 160 g/mol. The van der Waals surface area contributed by atoms with Crippen LogP contribution in [0.2, 0.25) is 0 Å². The molecule has 4 N–H and O–H groups in total. The molecule has 0 spiro atoms. The summed E-state index contributed by atoms with van der Waals surface area (Å²) in [6.45, 7) is 6.51. The molecule has 0 amide bonds. The van der Waals surface area contributed by atoms with Crippen molar-refractivity contribution >= 4 is 0 Å². The Balaban J connectivity index is 3.12. The minimum atomic E-state index is 0.0631. The predicted octanol–water partition coefficient (Wildman–Crippen LogP) is 1.92. The zero-order chi connectivity index (χ0) is 10.1. The molecule has 0 fully saturated rings. The Hall–Kier alpha value is -0.760. The first-order chi connectivity index (χ1) is 6.06. The molecule has 1 aliphatic rings. The summed E-state index contributed by atoms with van der Waals surface area (Å²) in [6.07, 6.45) is 6.00. The average molecular weight is 180 g/mol. The van der Waals surface area contributed by atoms with Crippen molar-refractivity contribution in [1.29, 1.82) is 0 Å². The molecule has 0 aromatic carbocycles. The van der Waals surface area contributed by atoms with Gasteiger partial charge >= 0.3 is 0 Å². The van der Waals surface area contributed by atoms with Crippen LogP contribution >= 0.6 is 0 Å². The van der Waals surface area contributed by atoms with Gasteiger partial charge in [0.25, 0.3) is 0 Å². The monoisotopic (exact) mass is 180 g/mol. The van der Waals surface area contributed by atoms with Gasteiger partial charge in [-0.05, 0) is 24.5 Å². The normalized spacial score (nSPS) is 34.0. The summed E-state index contributed by atoms with van der Waals surface area (Å²) in [5, 5.41) is 0. The van der Waals surface area contributed by atoms with Crippen molar-refractivity contribution < 1.29 is 0 Å². The third-order valence-corrected chi connectivity index (χ3v) is 3.34. The maximum atomic E-state index is 6.08. The van der Waals surface area contributed by atoms with E-state index in [4.69, 9.17) is 11.5 Å². The van der Waals surface area contributed by atoms with E-state index in [2.05, 4.69) is 20.8 Å². The molecule has 0 aromatic rings. The van der Waals surface area contributed by atoms with Gasteiger partial charge in [-0.25, -0.2) is 0 Å². The molecule has 0 saturated heterocycles. The highest BCUT2D eigenvalue weighted by atomic mass is 14.7. The molecule has 1 rings (SSSR count). The lowest BCUT2D eigenvalue weighted by Gasteiger charge is -2.38. The molecule has 2 atom stereocenters. The van der Waals surface area contributed by atoms with E-state index in [0.29, 0.717) is 0 Å². The molecule has 2 nitrogen and oxygen atoms in total. The summed E-state index contributed by atoms with van der Waals surface area (Å²) in [5.41, 5.74) is 14.3. The first-order valence-electron chi connectivity index (χ1n) is 4.99. The van der Waals surface area contributed by atoms with Crippen molar-refractivity contribution in [3.05, 3.63) is 23.4 Å². The Kier molecular flexibility index (Phi) is 2.81. The van der Waals surface area contributed by atoms with Gasteiger partial charge in [0.05, 0.1) is 0 Å². The van der Waals surface area contributed by atoms with E-state index in [1.807, 2.05) is 12.2 Å². The SMILES string of the molecule is CCC1=C(N)C=CC(N)C1(C)CC. The number of hydrogen-bond donors (Lipinski definition) is 2. The van der Waals surface area contributed by atoms with Crippen LogP contribution < -0.4 is 11.5 Å². The molecule has 2 unspecified atom stereocenters. The Labute approximate surface area is 80.7 Å². The van der Waals surface area contributed by atoms with Crippen LogP contribution in [0.5, 0.6) is 0 Å². The van der Waals surface area contributed by atoms with Crippen LogP contribution in [0, 0.1) is 5.41 Å². The quantitative estimate of drug-likeness (QED) is 0.682. The number of rotatable bonds is 2. The minimum absolute atomic E-state index is 0.0631. The zero-order valence-electron chi connectivity index (χ0n) is 8.80. The third kappa shape index (κ3) is 1.51. The lowest BCUT2D eigenvalue weighted by atomic mass is 9.69. The highest BCUT2D eigenvalue weighted by molar-refractivity contribution is 5.35. The van der Waals surface area contributed by atoms with E-state index in [0.717, 1.165) is 18.5 Å². The smallest absolute Gasteiger partial charge is 0.0320 e. The number of hydrogen-bond acceptors (Lipinski definition) is 2. The third-order valence-electron chi connectivity index (χ3n) is 3.34. The zero-order valence-corrected chi connectivity index (χ0v) is 8.80. The average Bonchev–Trinajstić information content (AvgIpc) is 2.13. The van der Waals surface area contributed by atoms with E-state index in [-0.39, 0.29) is 11.5 Å². The second-order valence-corrected chi connectivity index (χ2v) is 3.94. The Bertz CT molecular complexity index is 253. The number of allylic oxidation sites excluding steroid dienone is 1. The summed E-state index contributed by atoms with van der Waals surface area (Å²) in [4.78, 5) is 0. The maximum Gasteiger partial charge on any atom is 0.0320 e. The molecule has 0 bridgehead atoms. The molecule has 74 valence electrons. The van der Waals surface area contributed by atoms with E-state index in [1.54, 1.807) is 0 Å². The molecule has 0 aliphatic heterocycles. The topological polar surface area (TPSA) is 52.0 Å². The van der Waals surface area contributed by atoms with Crippen LogP contribution in [-0.4, -0.2) is 6.04 Å². The van der Waals surface area contributed by atoms with Crippen molar-refractivity contribution in [2.45, 2.75) is 39.7 Å². The van der Waals surface area contributed by atoms with Crippen molar-refractivity contribution in [1.82, 2.24) is 0 Å². The predicted molar refractivity (Wildman–Crippen MR) is 57.0 cm³/mol. The first-order valence-corrected chi connectivity index (χ1v) is 4.99. The summed E-state index contributed by atoms with van der Waals surface area (Å²) in [7, 11) is 0. The molecule has 13 heavy (non-hydrogen) atoms. The fourth-order valence-electron chi connectivity index (χ4n) is 2.11. The van der Waals surface area contributed by atoms with Gasteiger partial charge in [0.1, 0.15) is 0 Å². The van der Waals surface area contributed by atoms with Crippen LogP contribution in [0.4, 0.5) is 0 Å². The summed E-state index contributed by atoms with van der Waals surface area (Å²) in [6, 6.07) is 0.111. The highest BCUT2D eigenvalue weighted by Crippen LogP contribution is 2.39. The largest absolute Gasteiger partial charge is 0.399 e. The maximum absolute atomic E-state index is 6.08. The molecule has 2 heteroatoms. The van der Waals surface area contributed by atoms with Gasteiger partial charge in [-0.15, -0.1) is 0 Å². The molecule has 0 heterocycles. The summed E-state index contributed by atoms with van der Waals surface area (Å²) < 4.78 is 0. The van der Waals surface area contributed by atoms with Gasteiger partial charge in [-0.3, -0.25) is 0 Å². The number of nitrogens with two attached hydrogens (primary N) is 2. The Morgan fingerprint density at radius 3 is 2.46 bits per heavy atom. The minimum Gasteiger partial charge on any atom is -0.399 e. The standard InChI is InChI=1S/C11H20N2/c1-4-8-9(12)6-7-10(13)11(8,3)5-2/h6-7,10H,4-5,12-13H2,1-3H3. The van der Waals surface area contributed by atoms with Crippen molar-refractivity contribution in [2.24, 2.45) is 16.9 Å². The Morgan fingerprint density at radius 2 is 2.08 bits per heavy atom. The van der Waals surface area contributed by atoms with E-state index in [9.17, 15) is 0 Å². The van der Waals surface area contributed by atoms with E-state index >= 15 is 0 Å². The fraction of sp³-hybridized carbons (Fsp3) is 0.636. The van der Waals surface area contributed by atoms with Crippen molar-refractivity contribution in [3.8, 4) is 0 Å². The summed E-state index contributed by atoms with van der Waals surface area (Å²) >= 11 is 0. The van der Waals surface area contributed by atoms with Gasteiger partial charge in [0.15, 0.2) is 0 Å². The molecule has 0 saturated carbocycles. The van der Waals surface area contributed by atoms with Crippen LogP contribution in [0.1, 0.15) is 33.6 Å². The van der Waals surface area contributed by atoms with Gasteiger partial charge < -0.3 is 11.5 Å². The van der Waals surface area contributed by atoms with Crippen molar-refractivity contribution in [2.75, 3.05) is 0 Å². The van der Waals surface area contributed by atoms with Gasteiger partial charge in [0, 0.05) is 17.2 Å². The van der Waals surface area contributed by atoms with Gasteiger partial charge in [-0.2, -0.15) is 0 Å². The molecule has 0 radical (unpaired) electrons. The lowest BCUT2D eigenvalue weighted by Crippen LogP contribution is -2.42. The summed E-state index contributed by atoms with van der Waals surface area (Å²) in [5.74, 6) is 0. The van der Waals surface area contributed by atoms with Crippen LogP contribution in [-0.2, 0) is 0 Å². The molecular formula is C11H20N2. The molecule has 0 aromatic heterocycles. The van der Waals surface area contributed by atoms with Crippen LogP contribution in [0.3, 0.4) is 0 Å². The Morgan fingerprint density at radius 1 is 1.46 bits per heavy atom. The van der Waals surface area contributed by atoms with Crippen LogP contribution in [0.15, 0.2) is 23.4 Å². The van der Waals surface area contributed by atoms with Crippen molar-refractivity contribution in [3.63, 3.8) is 0 Å². The lowest BCUT2D eigenvalue weighted by molar-refractivity contribution is 0.324. The first kappa shape index (κ1) is 10.3.